The normalized spacial score (nSPS) is 11.0. The summed E-state index contributed by atoms with van der Waals surface area (Å²) in [6, 6.07) is 2.68. The van der Waals surface area contributed by atoms with Crippen molar-refractivity contribution in [1.29, 1.82) is 0 Å². The van der Waals surface area contributed by atoms with Gasteiger partial charge in [-0.15, -0.1) is 0 Å². The molecule has 0 fully saturated rings. The molecule has 8 nitrogen and oxygen atoms in total. The van der Waals surface area contributed by atoms with Crippen LogP contribution in [0.4, 0.5) is 5.88 Å². The first kappa shape index (κ1) is 10.2. The zero-order chi connectivity index (χ0) is 11.5. The standard InChI is InChI=1S/C7H5N5O3S/c13-12(14)6-2-1-5(15-6)3-9-11-4-8-10-7(11)16/h1-4H,(H,10,16)/b9-3-. The minimum Gasteiger partial charge on any atom is -0.400 e. The maximum atomic E-state index is 10.3. The summed E-state index contributed by atoms with van der Waals surface area (Å²) in [7, 11) is 0. The quantitative estimate of drug-likeness (QED) is 0.376. The third-order valence-corrected chi connectivity index (χ3v) is 1.92. The Kier molecular flexibility index (Phi) is 2.60. The van der Waals surface area contributed by atoms with E-state index in [0.29, 0.717) is 4.77 Å². The predicted octanol–water partition coefficient (Wildman–Crippen LogP) is 1.32. The molecule has 0 saturated heterocycles. The molecule has 0 bridgehead atoms. The van der Waals surface area contributed by atoms with Crippen LogP contribution < -0.4 is 0 Å². The van der Waals surface area contributed by atoms with E-state index in [0.717, 1.165) is 0 Å². The zero-order valence-electron chi connectivity index (χ0n) is 7.73. The van der Waals surface area contributed by atoms with Crippen LogP contribution in [-0.2, 0) is 0 Å². The molecule has 2 aromatic heterocycles. The Labute approximate surface area is 93.4 Å². The number of hydrogen-bond acceptors (Lipinski definition) is 6. The van der Waals surface area contributed by atoms with Gasteiger partial charge in [-0.05, 0) is 18.3 Å². The lowest BCUT2D eigenvalue weighted by molar-refractivity contribution is -0.402. The number of hydrogen-bond donors (Lipinski definition) is 1. The Bertz CT molecular complexity index is 595. The molecule has 0 spiro atoms. The molecule has 0 aliphatic rings. The summed E-state index contributed by atoms with van der Waals surface area (Å²) < 4.78 is 6.47. The molecule has 0 aliphatic heterocycles. The van der Waals surface area contributed by atoms with E-state index in [1.54, 1.807) is 0 Å². The molecule has 16 heavy (non-hydrogen) atoms. The van der Waals surface area contributed by atoms with E-state index < -0.39 is 4.92 Å². The third-order valence-electron chi connectivity index (χ3n) is 1.64. The smallest absolute Gasteiger partial charge is 0.400 e. The molecule has 2 aromatic rings. The minimum absolute atomic E-state index is 0.259. The maximum absolute atomic E-state index is 10.3. The summed E-state index contributed by atoms with van der Waals surface area (Å²) in [6.07, 6.45) is 2.68. The summed E-state index contributed by atoms with van der Waals surface area (Å²) in [5.74, 6) is -0.0768. The van der Waals surface area contributed by atoms with Crippen LogP contribution in [0.15, 0.2) is 28.0 Å². The number of nitrogens with zero attached hydrogens (tertiary/aromatic N) is 4. The molecule has 9 heteroatoms. The van der Waals surface area contributed by atoms with Gasteiger partial charge < -0.3 is 4.42 Å². The Morgan fingerprint density at radius 1 is 1.69 bits per heavy atom. The maximum Gasteiger partial charge on any atom is 0.433 e. The van der Waals surface area contributed by atoms with Gasteiger partial charge in [-0.1, -0.05) is 0 Å². The molecule has 0 saturated carbocycles. The lowest BCUT2D eigenvalue weighted by Gasteiger charge is -1.87. The number of nitro groups is 1. The van der Waals surface area contributed by atoms with Crippen molar-refractivity contribution >= 4 is 24.3 Å². The number of H-pyrrole nitrogens is 1. The molecule has 0 radical (unpaired) electrons. The number of aromatic amines is 1. The third kappa shape index (κ3) is 2.03. The highest BCUT2D eigenvalue weighted by molar-refractivity contribution is 7.71. The van der Waals surface area contributed by atoms with Crippen LogP contribution in [0.1, 0.15) is 5.76 Å². The Morgan fingerprint density at radius 3 is 3.06 bits per heavy atom. The van der Waals surface area contributed by atoms with E-state index in [1.165, 1.54) is 29.4 Å². The second kappa shape index (κ2) is 4.06. The number of furan rings is 1. The second-order valence-electron chi connectivity index (χ2n) is 2.68. The fourth-order valence-electron chi connectivity index (χ4n) is 0.954. The average Bonchev–Trinajstić information content (AvgIpc) is 2.83. The lowest BCUT2D eigenvalue weighted by Crippen LogP contribution is -1.87. The van der Waals surface area contributed by atoms with E-state index in [9.17, 15) is 10.1 Å². The van der Waals surface area contributed by atoms with Gasteiger partial charge in [0.15, 0.2) is 5.76 Å². The van der Waals surface area contributed by atoms with Crippen molar-refractivity contribution in [2.45, 2.75) is 0 Å². The molecule has 0 unspecified atom stereocenters. The number of rotatable bonds is 3. The summed E-state index contributed by atoms with van der Waals surface area (Å²) in [5.41, 5.74) is 0. The van der Waals surface area contributed by atoms with E-state index in [2.05, 4.69) is 15.3 Å². The Morgan fingerprint density at radius 2 is 2.50 bits per heavy atom. The van der Waals surface area contributed by atoms with Crippen LogP contribution in [0.3, 0.4) is 0 Å². The molecule has 0 aromatic carbocycles. The van der Waals surface area contributed by atoms with E-state index >= 15 is 0 Å². The van der Waals surface area contributed by atoms with Crippen LogP contribution in [0.25, 0.3) is 0 Å². The molecule has 0 aliphatic carbocycles. The van der Waals surface area contributed by atoms with Crippen molar-refractivity contribution in [2.24, 2.45) is 5.10 Å². The second-order valence-corrected chi connectivity index (χ2v) is 3.07. The summed E-state index contributed by atoms with van der Waals surface area (Å²) in [4.78, 5) is 9.71. The Balaban J connectivity index is 2.21. The molecule has 2 rings (SSSR count). The SMILES string of the molecule is O=[N+]([O-])c1ccc(/C=N\n2cn[nH]c2=S)o1. The van der Waals surface area contributed by atoms with Crippen molar-refractivity contribution in [3.8, 4) is 0 Å². The van der Waals surface area contributed by atoms with Gasteiger partial charge in [0.25, 0.3) is 0 Å². The predicted molar refractivity (Wildman–Crippen MR) is 55.8 cm³/mol. The first-order valence-electron chi connectivity index (χ1n) is 4.07. The van der Waals surface area contributed by atoms with Gasteiger partial charge in [-0.25, -0.2) is 0 Å². The molecule has 2 heterocycles. The highest BCUT2D eigenvalue weighted by Crippen LogP contribution is 2.13. The largest absolute Gasteiger partial charge is 0.433 e. The van der Waals surface area contributed by atoms with Crippen LogP contribution in [-0.4, -0.2) is 26.0 Å². The van der Waals surface area contributed by atoms with Crippen molar-refractivity contribution in [2.75, 3.05) is 0 Å². The van der Waals surface area contributed by atoms with E-state index in [-0.39, 0.29) is 11.6 Å². The first-order valence-corrected chi connectivity index (χ1v) is 4.48. The lowest BCUT2D eigenvalue weighted by atomic mass is 10.5. The summed E-state index contributed by atoms with van der Waals surface area (Å²) >= 11 is 4.84. The monoisotopic (exact) mass is 239 g/mol. The zero-order valence-corrected chi connectivity index (χ0v) is 8.55. The molecule has 0 atom stereocenters. The van der Waals surface area contributed by atoms with E-state index in [4.69, 9.17) is 16.6 Å². The van der Waals surface area contributed by atoms with Crippen molar-refractivity contribution in [1.82, 2.24) is 14.9 Å². The highest BCUT2D eigenvalue weighted by Gasteiger charge is 2.10. The number of aromatic nitrogens is 3. The van der Waals surface area contributed by atoms with Crippen molar-refractivity contribution in [3.05, 3.63) is 39.1 Å². The molecular formula is C7H5N5O3S. The minimum atomic E-state index is -0.624. The van der Waals surface area contributed by atoms with Crippen LogP contribution in [0.2, 0.25) is 0 Å². The highest BCUT2D eigenvalue weighted by atomic mass is 32.1. The average molecular weight is 239 g/mol. The van der Waals surface area contributed by atoms with Gasteiger partial charge in [-0.2, -0.15) is 14.9 Å². The van der Waals surface area contributed by atoms with E-state index in [1.807, 2.05) is 0 Å². The van der Waals surface area contributed by atoms with Crippen LogP contribution >= 0.6 is 12.2 Å². The fourth-order valence-corrected chi connectivity index (χ4v) is 1.10. The molecular weight excluding hydrogens is 234 g/mol. The summed E-state index contributed by atoms with van der Waals surface area (Å²) in [6.45, 7) is 0. The molecule has 82 valence electrons. The first-order chi connectivity index (χ1) is 7.66. The van der Waals surface area contributed by atoms with Crippen molar-refractivity contribution in [3.63, 3.8) is 0 Å². The van der Waals surface area contributed by atoms with Gasteiger partial charge >= 0.3 is 5.88 Å². The van der Waals surface area contributed by atoms with Gasteiger partial charge in [0.2, 0.25) is 4.77 Å². The van der Waals surface area contributed by atoms with Gasteiger partial charge in [0.1, 0.15) is 11.3 Å². The van der Waals surface area contributed by atoms with Gasteiger partial charge in [0, 0.05) is 0 Å². The fraction of sp³-hybridized carbons (Fsp3) is 0. The Hall–Kier alpha value is -2.29. The van der Waals surface area contributed by atoms with Crippen LogP contribution in [0, 0.1) is 14.9 Å². The van der Waals surface area contributed by atoms with Crippen LogP contribution in [0.5, 0.6) is 0 Å². The molecule has 1 N–H and O–H groups in total. The van der Waals surface area contributed by atoms with Gasteiger partial charge in [-0.3, -0.25) is 15.2 Å². The van der Waals surface area contributed by atoms with Gasteiger partial charge in [0.05, 0.1) is 12.3 Å². The molecule has 0 amide bonds. The number of nitrogens with one attached hydrogen (secondary N) is 1. The summed E-state index contributed by atoms with van der Waals surface area (Å²) in [5, 5.41) is 20.4. The topological polar surface area (TPSA) is 102 Å². The van der Waals surface area contributed by atoms with Crippen molar-refractivity contribution < 1.29 is 9.34 Å².